The molecule has 2 aliphatic rings. The smallest absolute Gasteiger partial charge is 0.265 e. The zero-order valence-electron chi connectivity index (χ0n) is 17.8. The van der Waals surface area contributed by atoms with Crippen molar-refractivity contribution in [1.29, 1.82) is 0 Å². The van der Waals surface area contributed by atoms with Gasteiger partial charge in [0.05, 0.1) is 0 Å². The topological polar surface area (TPSA) is 52.7 Å². The Morgan fingerprint density at radius 1 is 1.13 bits per heavy atom. The van der Waals surface area contributed by atoms with Crippen molar-refractivity contribution in [2.75, 3.05) is 18.0 Å². The molecule has 0 aliphatic carbocycles. The lowest BCUT2D eigenvalue weighted by molar-refractivity contribution is -0.128. The fourth-order valence-corrected chi connectivity index (χ4v) is 4.40. The second kappa shape index (κ2) is 9.43. The molecule has 5 nitrogen and oxygen atoms in total. The van der Waals surface area contributed by atoms with Crippen LogP contribution in [0.5, 0.6) is 0 Å². The lowest BCUT2D eigenvalue weighted by Gasteiger charge is -2.32. The molecule has 4 rings (SSSR count). The quantitative estimate of drug-likeness (QED) is 0.424. The average Bonchev–Trinajstić information content (AvgIpc) is 2.77. The normalized spacial score (nSPS) is 17.7. The number of rotatable bonds is 6. The molecule has 2 aromatic rings. The molecule has 0 aromatic heterocycles. The van der Waals surface area contributed by atoms with Gasteiger partial charge in [0, 0.05) is 25.3 Å². The lowest BCUT2D eigenvalue weighted by atomic mass is 9.97. The number of unbranched alkanes of at least 4 members (excludes halogenated alkanes) is 1. The van der Waals surface area contributed by atoms with Crippen molar-refractivity contribution in [3.05, 3.63) is 70.8 Å². The molecule has 1 saturated heterocycles. The summed E-state index contributed by atoms with van der Waals surface area (Å²) in [5.41, 5.74) is 4.76. The standard InChI is InChI=1S/C25H27N3O2S/c1-2-3-14-28-24(30)21(23(29)26-25(28)31)16-19-11-12-22-20(15-19)10-7-13-27(22)17-18-8-5-4-6-9-18/h4-6,8-9,11-12,15-16H,2-3,7,10,13-14,17H2,1H3,(H,26,29,31)/b21-16+. The first kappa shape index (κ1) is 21.2. The van der Waals surface area contributed by atoms with Gasteiger partial charge in [-0.05, 0) is 66.4 Å². The van der Waals surface area contributed by atoms with E-state index in [0.29, 0.717) is 6.54 Å². The van der Waals surface area contributed by atoms with Crippen LogP contribution < -0.4 is 10.2 Å². The number of aryl methyl sites for hydroxylation is 1. The fourth-order valence-electron chi connectivity index (χ4n) is 4.13. The van der Waals surface area contributed by atoms with Gasteiger partial charge in [0.1, 0.15) is 5.57 Å². The van der Waals surface area contributed by atoms with Crippen LogP contribution >= 0.6 is 12.2 Å². The summed E-state index contributed by atoms with van der Waals surface area (Å²) in [5, 5.41) is 2.85. The van der Waals surface area contributed by atoms with Crippen LogP contribution in [0, 0.1) is 0 Å². The number of nitrogens with one attached hydrogen (secondary N) is 1. The molecule has 0 spiro atoms. The third kappa shape index (κ3) is 4.69. The second-order valence-electron chi connectivity index (χ2n) is 8.03. The van der Waals surface area contributed by atoms with Gasteiger partial charge in [0.15, 0.2) is 5.11 Å². The minimum Gasteiger partial charge on any atom is -0.367 e. The number of amides is 2. The first-order valence-corrected chi connectivity index (χ1v) is 11.3. The molecule has 31 heavy (non-hydrogen) atoms. The average molecular weight is 434 g/mol. The van der Waals surface area contributed by atoms with E-state index in [2.05, 4.69) is 53.5 Å². The molecule has 0 saturated carbocycles. The van der Waals surface area contributed by atoms with Gasteiger partial charge in [0.25, 0.3) is 11.8 Å². The maximum absolute atomic E-state index is 12.9. The summed E-state index contributed by atoms with van der Waals surface area (Å²) in [5.74, 6) is -0.739. The highest BCUT2D eigenvalue weighted by molar-refractivity contribution is 7.80. The number of benzene rings is 2. The lowest BCUT2D eigenvalue weighted by Crippen LogP contribution is -2.54. The largest absolute Gasteiger partial charge is 0.367 e. The van der Waals surface area contributed by atoms with Crippen LogP contribution in [0.4, 0.5) is 5.69 Å². The van der Waals surface area contributed by atoms with E-state index >= 15 is 0 Å². The van der Waals surface area contributed by atoms with E-state index in [1.54, 1.807) is 6.08 Å². The number of carbonyl (C=O) groups excluding carboxylic acids is 2. The highest BCUT2D eigenvalue weighted by atomic mass is 32.1. The summed E-state index contributed by atoms with van der Waals surface area (Å²) in [7, 11) is 0. The third-order valence-electron chi connectivity index (χ3n) is 5.77. The first-order chi connectivity index (χ1) is 15.1. The van der Waals surface area contributed by atoms with Crippen LogP contribution in [-0.2, 0) is 22.6 Å². The fraction of sp³-hybridized carbons (Fsp3) is 0.320. The summed E-state index contributed by atoms with van der Waals surface area (Å²) in [6.45, 7) is 4.47. The summed E-state index contributed by atoms with van der Waals surface area (Å²) in [4.78, 5) is 29.3. The predicted molar refractivity (Wildman–Crippen MR) is 128 cm³/mol. The van der Waals surface area contributed by atoms with Gasteiger partial charge in [-0.15, -0.1) is 0 Å². The minimum atomic E-state index is -0.425. The van der Waals surface area contributed by atoms with Crippen molar-refractivity contribution in [1.82, 2.24) is 10.2 Å². The van der Waals surface area contributed by atoms with Crippen molar-refractivity contribution in [2.45, 2.75) is 39.2 Å². The maximum Gasteiger partial charge on any atom is 0.265 e. The maximum atomic E-state index is 12.9. The van der Waals surface area contributed by atoms with Gasteiger partial charge >= 0.3 is 0 Å². The first-order valence-electron chi connectivity index (χ1n) is 10.9. The van der Waals surface area contributed by atoms with Crippen molar-refractivity contribution in [3.8, 4) is 0 Å². The molecule has 0 radical (unpaired) electrons. The van der Waals surface area contributed by atoms with E-state index in [0.717, 1.165) is 44.3 Å². The predicted octanol–water partition coefficient (Wildman–Crippen LogP) is 4.07. The van der Waals surface area contributed by atoms with Crippen LogP contribution in [0.25, 0.3) is 6.08 Å². The van der Waals surface area contributed by atoms with Crippen LogP contribution in [0.2, 0.25) is 0 Å². The third-order valence-corrected chi connectivity index (χ3v) is 6.09. The minimum absolute atomic E-state index is 0.140. The molecule has 2 aliphatic heterocycles. The SMILES string of the molecule is CCCCN1C(=O)/C(=C/c2ccc3c(c2)CCCN3Cc2ccccc2)C(=O)NC1=S. The van der Waals surface area contributed by atoms with E-state index < -0.39 is 5.91 Å². The van der Waals surface area contributed by atoms with Gasteiger partial charge in [-0.1, -0.05) is 49.7 Å². The Balaban J connectivity index is 1.58. The molecule has 0 atom stereocenters. The number of fused-ring (bicyclic) bond motifs is 1. The van der Waals surface area contributed by atoms with E-state index in [1.165, 1.54) is 21.7 Å². The summed E-state index contributed by atoms with van der Waals surface area (Å²) >= 11 is 5.20. The monoisotopic (exact) mass is 433 g/mol. The van der Waals surface area contributed by atoms with Crippen molar-refractivity contribution >= 4 is 40.9 Å². The Bertz CT molecular complexity index is 1030. The number of anilines is 1. The van der Waals surface area contributed by atoms with Gasteiger partial charge in [0.2, 0.25) is 0 Å². The summed E-state index contributed by atoms with van der Waals surface area (Å²) in [6.07, 6.45) is 5.55. The zero-order chi connectivity index (χ0) is 21.8. The van der Waals surface area contributed by atoms with Gasteiger partial charge in [-0.2, -0.15) is 0 Å². The molecule has 6 heteroatoms. The molecule has 2 heterocycles. The van der Waals surface area contributed by atoms with Crippen LogP contribution in [0.3, 0.4) is 0 Å². The van der Waals surface area contributed by atoms with Crippen molar-refractivity contribution in [3.63, 3.8) is 0 Å². The van der Waals surface area contributed by atoms with Gasteiger partial charge in [-0.25, -0.2) is 0 Å². The van der Waals surface area contributed by atoms with E-state index in [1.807, 2.05) is 12.1 Å². The second-order valence-corrected chi connectivity index (χ2v) is 8.41. The van der Waals surface area contributed by atoms with Gasteiger partial charge in [-0.3, -0.25) is 19.8 Å². The molecule has 0 bridgehead atoms. The Labute approximate surface area is 188 Å². The molecule has 1 N–H and O–H groups in total. The zero-order valence-corrected chi connectivity index (χ0v) is 18.6. The number of hydrogen-bond acceptors (Lipinski definition) is 4. The molecular weight excluding hydrogens is 406 g/mol. The molecule has 0 unspecified atom stereocenters. The number of thiocarbonyl (C=S) groups is 1. The number of hydrogen-bond donors (Lipinski definition) is 1. The number of nitrogens with zero attached hydrogens (tertiary/aromatic N) is 2. The van der Waals surface area contributed by atoms with Crippen LogP contribution in [0.1, 0.15) is 42.9 Å². The molecule has 2 amide bonds. The molecule has 1 fully saturated rings. The Morgan fingerprint density at radius 3 is 2.71 bits per heavy atom. The molecular formula is C25H27N3O2S. The number of carbonyl (C=O) groups is 2. The van der Waals surface area contributed by atoms with E-state index in [4.69, 9.17) is 12.2 Å². The highest BCUT2D eigenvalue weighted by Gasteiger charge is 2.33. The Kier molecular flexibility index (Phi) is 6.47. The van der Waals surface area contributed by atoms with Crippen LogP contribution in [-0.4, -0.2) is 34.9 Å². The summed E-state index contributed by atoms with van der Waals surface area (Å²) < 4.78 is 0. The van der Waals surface area contributed by atoms with E-state index in [9.17, 15) is 9.59 Å². The van der Waals surface area contributed by atoms with Crippen molar-refractivity contribution < 1.29 is 9.59 Å². The molecule has 2 aromatic carbocycles. The Morgan fingerprint density at radius 2 is 1.94 bits per heavy atom. The summed E-state index contributed by atoms with van der Waals surface area (Å²) in [6, 6.07) is 16.7. The van der Waals surface area contributed by atoms with Crippen LogP contribution in [0.15, 0.2) is 54.1 Å². The Hall–Kier alpha value is -2.99. The highest BCUT2D eigenvalue weighted by Crippen LogP contribution is 2.30. The van der Waals surface area contributed by atoms with E-state index in [-0.39, 0.29) is 16.6 Å². The molecule has 160 valence electrons. The van der Waals surface area contributed by atoms with Gasteiger partial charge < -0.3 is 4.90 Å². The van der Waals surface area contributed by atoms with Crippen molar-refractivity contribution in [2.24, 2.45) is 0 Å².